The lowest BCUT2D eigenvalue weighted by Crippen LogP contribution is -2.50. The Morgan fingerprint density at radius 2 is 1.61 bits per heavy atom. The Kier molecular flexibility index (Phi) is 8.33. The highest BCUT2D eigenvalue weighted by molar-refractivity contribution is 7.92. The number of nitrogens with one attached hydrogen (secondary N) is 1. The lowest BCUT2D eigenvalue weighted by molar-refractivity contribution is -0.123. The van der Waals surface area contributed by atoms with E-state index >= 15 is 0 Å². The topological polar surface area (TPSA) is 84.9 Å². The molecule has 8 heteroatoms. The van der Waals surface area contributed by atoms with Gasteiger partial charge in [0.1, 0.15) is 6.04 Å². The SMILES string of the molecule is CC[C@H](NC(=O)[C@H](CC)N(c1ccc(C)cc1)S(C)(=O)=O)c1ccc(OC)c(OC)c1. The molecular weight excluding hydrogens is 416 g/mol. The second kappa shape index (κ2) is 10.5. The molecule has 2 atom stereocenters. The van der Waals surface area contributed by atoms with Gasteiger partial charge < -0.3 is 14.8 Å². The molecule has 2 aromatic carbocycles. The van der Waals surface area contributed by atoms with Gasteiger partial charge in [-0.2, -0.15) is 0 Å². The number of methoxy groups -OCH3 is 2. The van der Waals surface area contributed by atoms with Crippen molar-refractivity contribution < 1.29 is 22.7 Å². The van der Waals surface area contributed by atoms with E-state index in [2.05, 4.69) is 5.32 Å². The van der Waals surface area contributed by atoms with Crippen molar-refractivity contribution in [1.82, 2.24) is 5.32 Å². The Bertz CT molecular complexity index is 990. The molecule has 31 heavy (non-hydrogen) atoms. The summed E-state index contributed by atoms with van der Waals surface area (Å²) in [5.74, 6) is 0.814. The average molecular weight is 449 g/mol. The molecule has 0 saturated carbocycles. The number of carbonyl (C=O) groups excluding carboxylic acids is 1. The Hall–Kier alpha value is -2.74. The van der Waals surface area contributed by atoms with Crippen LogP contribution in [0.5, 0.6) is 11.5 Å². The Labute approximate surface area is 185 Å². The van der Waals surface area contributed by atoms with Gasteiger partial charge in [-0.25, -0.2) is 8.42 Å². The van der Waals surface area contributed by atoms with Gasteiger partial charge in [-0.1, -0.05) is 37.6 Å². The fraction of sp³-hybridized carbons (Fsp3) is 0.435. The molecule has 1 N–H and O–H groups in total. The molecule has 7 nitrogen and oxygen atoms in total. The predicted molar refractivity (Wildman–Crippen MR) is 123 cm³/mol. The van der Waals surface area contributed by atoms with Gasteiger partial charge in [0.25, 0.3) is 0 Å². The smallest absolute Gasteiger partial charge is 0.244 e. The van der Waals surface area contributed by atoms with Crippen molar-refractivity contribution >= 4 is 21.6 Å². The summed E-state index contributed by atoms with van der Waals surface area (Å²) in [7, 11) is -0.560. The van der Waals surface area contributed by atoms with E-state index in [0.717, 1.165) is 17.4 Å². The minimum absolute atomic E-state index is 0.305. The molecule has 2 aromatic rings. The number of amides is 1. The molecule has 0 spiro atoms. The summed E-state index contributed by atoms with van der Waals surface area (Å²) in [4.78, 5) is 13.2. The summed E-state index contributed by atoms with van der Waals surface area (Å²) in [6.07, 6.45) is 2.07. The van der Waals surface area contributed by atoms with Crippen molar-refractivity contribution in [3.63, 3.8) is 0 Å². The fourth-order valence-corrected chi connectivity index (χ4v) is 4.72. The maximum atomic E-state index is 13.2. The molecule has 1 amide bonds. The van der Waals surface area contributed by atoms with Crippen LogP contribution in [0.4, 0.5) is 5.69 Å². The number of anilines is 1. The number of hydrogen-bond donors (Lipinski definition) is 1. The van der Waals surface area contributed by atoms with Crippen molar-refractivity contribution in [3.8, 4) is 11.5 Å². The summed E-state index contributed by atoms with van der Waals surface area (Å²) in [5.41, 5.74) is 2.33. The minimum Gasteiger partial charge on any atom is -0.493 e. The van der Waals surface area contributed by atoms with Crippen LogP contribution < -0.4 is 19.1 Å². The second-order valence-electron chi connectivity index (χ2n) is 7.40. The predicted octanol–water partition coefficient (Wildman–Crippen LogP) is 3.82. The molecule has 0 aliphatic heterocycles. The third-order valence-corrected chi connectivity index (χ3v) is 6.33. The van der Waals surface area contributed by atoms with Crippen molar-refractivity contribution in [2.75, 3.05) is 24.8 Å². The number of nitrogens with zero attached hydrogens (tertiary/aromatic N) is 1. The van der Waals surface area contributed by atoms with Crippen LogP contribution in [0.2, 0.25) is 0 Å². The molecule has 0 aliphatic carbocycles. The highest BCUT2D eigenvalue weighted by Crippen LogP contribution is 2.31. The van der Waals surface area contributed by atoms with E-state index in [9.17, 15) is 13.2 Å². The monoisotopic (exact) mass is 448 g/mol. The molecule has 0 heterocycles. The van der Waals surface area contributed by atoms with Crippen molar-refractivity contribution in [1.29, 1.82) is 0 Å². The van der Waals surface area contributed by atoms with Gasteiger partial charge in [0.2, 0.25) is 15.9 Å². The fourth-order valence-electron chi connectivity index (χ4n) is 3.51. The lowest BCUT2D eigenvalue weighted by Gasteiger charge is -2.31. The van der Waals surface area contributed by atoms with E-state index in [1.54, 1.807) is 39.3 Å². The molecule has 0 saturated heterocycles. The first-order valence-electron chi connectivity index (χ1n) is 10.2. The zero-order valence-corrected chi connectivity index (χ0v) is 19.8. The number of benzene rings is 2. The maximum Gasteiger partial charge on any atom is 0.244 e. The first-order chi connectivity index (χ1) is 14.7. The van der Waals surface area contributed by atoms with E-state index in [1.807, 2.05) is 38.1 Å². The third-order valence-electron chi connectivity index (χ3n) is 5.15. The minimum atomic E-state index is -3.68. The zero-order valence-electron chi connectivity index (χ0n) is 19.0. The molecule has 0 fully saturated rings. The van der Waals surface area contributed by atoms with E-state index < -0.39 is 16.1 Å². The molecule has 0 aliphatic rings. The van der Waals surface area contributed by atoms with Gasteiger partial charge >= 0.3 is 0 Å². The van der Waals surface area contributed by atoms with Crippen molar-refractivity contribution in [2.45, 2.75) is 45.7 Å². The van der Waals surface area contributed by atoms with E-state index in [1.165, 1.54) is 4.31 Å². The van der Waals surface area contributed by atoms with Gasteiger partial charge in [-0.05, 0) is 49.6 Å². The van der Waals surface area contributed by atoms with Gasteiger partial charge in [-0.15, -0.1) is 0 Å². The average Bonchev–Trinajstić information content (AvgIpc) is 2.75. The summed E-state index contributed by atoms with van der Waals surface area (Å²) >= 11 is 0. The van der Waals surface area contributed by atoms with Crippen LogP contribution in [0.25, 0.3) is 0 Å². The summed E-state index contributed by atoms with van der Waals surface area (Å²) in [5, 5.41) is 3.02. The van der Waals surface area contributed by atoms with Crippen LogP contribution >= 0.6 is 0 Å². The van der Waals surface area contributed by atoms with E-state index in [0.29, 0.717) is 30.0 Å². The number of carbonyl (C=O) groups is 1. The normalized spacial score (nSPS) is 13.2. The van der Waals surface area contributed by atoms with Gasteiger partial charge in [-0.3, -0.25) is 9.10 Å². The molecule has 0 radical (unpaired) electrons. The van der Waals surface area contributed by atoms with Gasteiger partial charge in [0.15, 0.2) is 11.5 Å². The second-order valence-corrected chi connectivity index (χ2v) is 9.26. The van der Waals surface area contributed by atoms with Crippen LogP contribution in [0.15, 0.2) is 42.5 Å². The molecule has 0 bridgehead atoms. The van der Waals surface area contributed by atoms with Gasteiger partial charge in [0, 0.05) is 0 Å². The Morgan fingerprint density at radius 3 is 2.10 bits per heavy atom. The number of hydrogen-bond acceptors (Lipinski definition) is 5. The molecule has 2 rings (SSSR count). The molecule has 0 aromatic heterocycles. The highest BCUT2D eigenvalue weighted by atomic mass is 32.2. The van der Waals surface area contributed by atoms with E-state index in [-0.39, 0.29) is 11.9 Å². The molecular formula is C23H32N2O5S. The van der Waals surface area contributed by atoms with Crippen LogP contribution in [-0.2, 0) is 14.8 Å². The first kappa shape index (κ1) is 24.5. The largest absolute Gasteiger partial charge is 0.493 e. The van der Waals surface area contributed by atoms with Crippen molar-refractivity contribution in [3.05, 3.63) is 53.6 Å². The van der Waals surface area contributed by atoms with Gasteiger partial charge in [0.05, 0.1) is 32.2 Å². The Balaban J connectivity index is 2.35. The number of aryl methyl sites for hydroxylation is 1. The highest BCUT2D eigenvalue weighted by Gasteiger charge is 2.32. The first-order valence-corrected chi connectivity index (χ1v) is 12.1. The summed E-state index contributed by atoms with van der Waals surface area (Å²) < 4.78 is 37.1. The number of sulfonamides is 1. The zero-order chi connectivity index (χ0) is 23.2. The van der Waals surface area contributed by atoms with E-state index in [4.69, 9.17) is 9.47 Å². The summed E-state index contributed by atoms with van der Waals surface area (Å²) in [6.45, 7) is 5.68. The van der Waals surface area contributed by atoms with Crippen LogP contribution in [-0.4, -0.2) is 40.8 Å². The van der Waals surface area contributed by atoms with Crippen molar-refractivity contribution in [2.24, 2.45) is 0 Å². The third kappa shape index (κ3) is 5.91. The quantitative estimate of drug-likeness (QED) is 0.597. The number of ether oxygens (including phenoxy) is 2. The molecule has 170 valence electrons. The molecule has 0 unspecified atom stereocenters. The lowest BCUT2D eigenvalue weighted by atomic mass is 10.0. The number of rotatable bonds is 10. The Morgan fingerprint density at radius 1 is 1.00 bits per heavy atom. The van der Waals surface area contributed by atoms with Crippen LogP contribution in [0, 0.1) is 6.92 Å². The van der Waals surface area contributed by atoms with Crippen LogP contribution in [0.3, 0.4) is 0 Å². The summed E-state index contributed by atoms with van der Waals surface area (Å²) in [6, 6.07) is 11.4. The van der Waals surface area contributed by atoms with Crippen LogP contribution in [0.1, 0.15) is 43.9 Å². The standard InChI is InChI=1S/C23H32N2O5S/c1-7-19(17-11-14-21(29-4)22(15-17)30-5)24-23(26)20(8-2)25(31(6,27)28)18-12-9-16(3)10-13-18/h9-15,19-20H,7-8H2,1-6H3,(H,24,26)/t19-,20-/m0/s1. The maximum absolute atomic E-state index is 13.2.